The minimum Gasteiger partial charge on any atom is -0.277 e. The fourth-order valence-electron chi connectivity index (χ4n) is 1.27. The highest BCUT2D eigenvalue weighted by Gasteiger charge is 2.07. The number of hydrogen-bond donors (Lipinski definition) is 0. The van der Waals surface area contributed by atoms with Gasteiger partial charge in [-0.15, -0.1) is 0 Å². The lowest BCUT2D eigenvalue weighted by Gasteiger charge is -1.96. The smallest absolute Gasteiger partial charge is 0.263 e. The summed E-state index contributed by atoms with van der Waals surface area (Å²) in [6.07, 6.45) is 2.99. The predicted octanol–water partition coefficient (Wildman–Crippen LogP) is 2.93. The third kappa shape index (κ3) is 3.26. The van der Waals surface area contributed by atoms with Crippen LogP contribution in [0.25, 0.3) is 0 Å². The summed E-state index contributed by atoms with van der Waals surface area (Å²) < 4.78 is 0. The second-order valence-corrected chi connectivity index (χ2v) is 3.39. The number of hydrogen-bond acceptors (Lipinski definition) is 2. The molecule has 1 aromatic rings. The van der Waals surface area contributed by atoms with Crippen LogP contribution in [0.2, 0.25) is 0 Å². The fraction of sp³-hybridized carbons (Fsp3) is 0.286. The number of rotatable bonds is 3. The SMILES string of the molecule is CCCCC#Cc1ccccc1C(=O)C#N. The molecule has 0 aliphatic rings. The van der Waals surface area contributed by atoms with Crippen LogP contribution in [0.3, 0.4) is 0 Å². The molecule has 0 saturated heterocycles. The van der Waals surface area contributed by atoms with Crippen molar-refractivity contribution >= 4 is 5.78 Å². The Morgan fingerprint density at radius 1 is 1.38 bits per heavy atom. The molecule has 0 aromatic heterocycles. The summed E-state index contributed by atoms with van der Waals surface area (Å²) in [5, 5.41) is 8.57. The number of ketones is 1. The predicted molar refractivity (Wildman–Crippen MR) is 62.8 cm³/mol. The molecule has 0 atom stereocenters. The van der Waals surface area contributed by atoms with Gasteiger partial charge in [-0.1, -0.05) is 37.3 Å². The van der Waals surface area contributed by atoms with Gasteiger partial charge in [-0.05, 0) is 18.6 Å². The minimum absolute atomic E-state index is 0.397. The molecule has 0 bridgehead atoms. The molecular weight excluding hydrogens is 198 g/mol. The zero-order valence-electron chi connectivity index (χ0n) is 9.29. The number of carbonyl (C=O) groups excluding carboxylic acids is 1. The maximum absolute atomic E-state index is 11.3. The fourth-order valence-corrected chi connectivity index (χ4v) is 1.27. The second-order valence-electron chi connectivity index (χ2n) is 3.39. The Balaban J connectivity index is 2.91. The van der Waals surface area contributed by atoms with E-state index in [2.05, 4.69) is 18.8 Å². The topological polar surface area (TPSA) is 40.9 Å². The van der Waals surface area contributed by atoms with Crippen LogP contribution >= 0.6 is 0 Å². The third-order valence-corrected chi connectivity index (χ3v) is 2.15. The van der Waals surface area contributed by atoms with Gasteiger partial charge in [0.15, 0.2) is 0 Å². The van der Waals surface area contributed by atoms with Crippen molar-refractivity contribution in [3.63, 3.8) is 0 Å². The van der Waals surface area contributed by atoms with Crippen LogP contribution in [0.4, 0.5) is 0 Å². The number of carbonyl (C=O) groups is 1. The van der Waals surface area contributed by atoms with Gasteiger partial charge in [-0.2, -0.15) is 5.26 Å². The van der Waals surface area contributed by atoms with Crippen LogP contribution in [0.5, 0.6) is 0 Å². The highest BCUT2D eigenvalue weighted by Crippen LogP contribution is 2.08. The lowest BCUT2D eigenvalue weighted by Crippen LogP contribution is -1.97. The molecular formula is C14H13NO. The molecule has 2 nitrogen and oxygen atoms in total. The zero-order chi connectivity index (χ0) is 11.8. The zero-order valence-corrected chi connectivity index (χ0v) is 9.29. The average molecular weight is 211 g/mol. The van der Waals surface area contributed by atoms with E-state index in [4.69, 9.17) is 5.26 Å². The van der Waals surface area contributed by atoms with Crippen LogP contribution in [-0.2, 0) is 0 Å². The normalized spacial score (nSPS) is 8.75. The van der Waals surface area contributed by atoms with Gasteiger partial charge in [0.05, 0.1) is 0 Å². The molecule has 2 heteroatoms. The molecule has 0 N–H and O–H groups in total. The van der Waals surface area contributed by atoms with E-state index in [1.54, 1.807) is 24.3 Å². The summed E-state index contributed by atoms with van der Waals surface area (Å²) in [6.45, 7) is 2.11. The van der Waals surface area contributed by atoms with E-state index in [1.807, 2.05) is 6.07 Å². The molecule has 80 valence electrons. The van der Waals surface area contributed by atoms with E-state index >= 15 is 0 Å². The maximum Gasteiger partial charge on any atom is 0.263 e. The van der Waals surface area contributed by atoms with Crippen LogP contribution in [0, 0.1) is 23.2 Å². The van der Waals surface area contributed by atoms with Gasteiger partial charge in [0.25, 0.3) is 5.78 Å². The van der Waals surface area contributed by atoms with Crippen LogP contribution in [0.15, 0.2) is 24.3 Å². The first kappa shape index (κ1) is 12.0. The van der Waals surface area contributed by atoms with Gasteiger partial charge in [-0.25, -0.2) is 0 Å². The number of nitriles is 1. The first-order valence-electron chi connectivity index (χ1n) is 5.32. The second kappa shape index (κ2) is 6.43. The van der Waals surface area contributed by atoms with Crippen molar-refractivity contribution in [3.8, 4) is 17.9 Å². The first-order chi connectivity index (χ1) is 7.79. The number of benzene rings is 1. The molecule has 0 unspecified atom stereocenters. The molecule has 16 heavy (non-hydrogen) atoms. The van der Waals surface area contributed by atoms with Gasteiger partial charge >= 0.3 is 0 Å². The highest BCUT2D eigenvalue weighted by atomic mass is 16.1. The van der Waals surface area contributed by atoms with Crippen molar-refractivity contribution in [1.29, 1.82) is 5.26 Å². The number of Topliss-reactive ketones (excluding diaryl/α,β-unsaturated/α-hetero) is 1. The Bertz CT molecular complexity index is 471. The summed E-state index contributed by atoms with van der Waals surface area (Å²) >= 11 is 0. The summed E-state index contributed by atoms with van der Waals surface area (Å²) in [7, 11) is 0. The van der Waals surface area contributed by atoms with E-state index in [0.29, 0.717) is 11.1 Å². The quantitative estimate of drug-likeness (QED) is 0.334. The van der Waals surface area contributed by atoms with E-state index < -0.39 is 5.78 Å². The monoisotopic (exact) mass is 211 g/mol. The third-order valence-electron chi connectivity index (χ3n) is 2.15. The van der Waals surface area contributed by atoms with Crippen molar-refractivity contribution in [2.24, 2.45) is 0 Å². The van der Waals surface area contributed by atoms with E-state index in [-0.39, 0.29) is 0 Å². The average Bonchev–Trinajstić information content (AvgIpc) is 2.34. The van der Waals surface area contributed by atoms with E-state index in [1.165, 1.54) is 0 Å². The lowest BCUT2D eigenvalue weighted by molar-refractivity contribution is 0.105. The standard InChI is InChI=1S/C14H13NO/c1-2-3-4-5-8-12-9-6-7-10-13(12)14(16)11-15/h6-7,9-10H,2-4H2,1H3. The van der Waals surface area contributed by atoms with Gasteiger partial charge < -0.3 is 0 Å². The highest BCUT2D eigenvalue weighted by molar-refractivity contribution is 6.09. The first-order valence-corrected chi connectivity index (χ1v) is 5.32. The largest absolute Gasteiger partial charge is 0.277 e. The van der Waals surface area contributed by atoms with Gasteiger partial charge in [-0.3, -0.25) is 4.79 Å². The Kier molecular flexibility index (Phi) is 4.83. The van der Waals surface area contributed by atoms with E-state index in [0.717, 1.165) is 19.3 Å². The van der Waals surface area contributed by atoms with Crippen molar-refractivity contribution in [3.05, 3.63) is 35.4 Å². The Morgan fingerprint density at radius 3 is 2.81 bits per heavy atom. The Labute approximate surface area is 95.9 Å². The van der Waals surface area contributed by atoms with Crippen LogP contribution in [-0.4, -0.2) is 5.78 Å². The van der Waals surface area contributed by atoms with Gasteiger partial charge in [0.1, 0.15) is 6.07 Å². The summed E-state index contributed by atoms with van der Waals surface area (Å²) in [6, 6.07) is 8.57. The Morgan fingerprint density at radius 2 is 2.12 bits per heavy atom. The molecule has 1 rings (SSSR count). The van der Waals surface area contributed by atoms with E-state index in [9.17, 15) is 4.79 Å². The van der Waals surface area contributed by atoms with Crippen molar-refractivity contribution < 1.29 is 4.79 Å². The van der Waals surface area contributed by atoms with Gasteiger partial charge in [0, 0.05) is 17.5 Å². The molecule has 1 aromatic carbocycles. The molecule has 0 amide bonds. The molecule has 0 saturated carbocycles. The summed E-state index contributed by atoms with van der Waals surface area (Å²) in [4.78, 5) is 11.3. The van der Waals surface area contributed by atoms with Crippen LogP contribution in [0.1, 0.15) is 42.1 Å². The molecule has 0 aliphatic heterocycles. The minimum atomic E-state index is -0.527. The van der Waals surface area contributed by atoms with Crippen molar-refractivity contribution in [1.82, 2.24) is 0 Å². The molecule has 0 aliphatic carbocycles. The van der Waals surface area contributed by atoms with Crippen molar-refractivity contribution in [2.45, 2.75) is 26.2 Å². The molecule has 0 radical (unpaired) electrons. The number of unbranched alkanes of at least 4 members (excludes halogenated alkanes) is 2. The van der Waals surface area contributed by atoms with Crippen molar-refractivity contribution in [2.75, 3.05) is 0 Å². The van der Waals surface area contributed by atoms with Gasteiger partial charge in [0.2, 0.25) is 0 Å². The molecule has 0 fully saturated rings. The lowest BCUT2D eigenvalue weighted by atomic mass is 10.0. The van der Waals surface area contributed by atoms with Crippen LogP contribution < -0.4 is 0 Å². The summed E-state index contributed by atoms with van der Waals surface area (Å²) in [5.74, 6) is 5.42. The molecule has 0 heterocycles. The number of nitrogens with zero attached hydrogens (tertiary/aromatic N) is 1. The summed E-state index contributed by atoms with van der Waals surface area (Å²) in [5.41, 5.74) is 1.04. The molecule has 0 spiro atoms. The Hall–Kier alpha value is -2.06. The maximum atomic E-state index is 11.3.